The Hall–Kier alpha value is -1.01. The van der Waals surface area contributed by atoms with E-state index >= 15 is 0 Å². The Morgan fingerprint density at radius 1 is 1.16 bits per heavy atom. The smallest absolute Gasteiger partial charge is 0.0639 e. The number of hydrogen-bond donors (Lipinski definition) is 0. The standard InChI is InChI=1S/C20H31N3O2/c1-24-20-4-9-23(13-17-5-10-25-11-6-17)19-15-22(14-18(19)20)12-16-2-7-21-8-3-16/h2-3,7-8,17-20H,4-6,9-15H2,1H3/t18-,19+,20+/m1/s1. The van der Waals surface area contributed by atoms with Crippen LogP contribution in [0.4, 0.5) is 0 Å². The van der Waals surface area contributed by atoms with Gasteiger partial charge in [-0.1, -0.05) is 0 Å². The van der Waals surface area contributed by atoms with Crippen LogP contribution >= 0.6 is 0 Å². The van der Waals surface area contributed by atoms with Gasteiger partial charge in [-0.3, -0.25) is 14.8 Å². The fourth-order valence-electron chi connectivity index (χ4n) is 4.97. The van der Waals surface area contributed by atoms with E-state index in [1.54, 1.807) is 0 Å². The molecular formula is C20H31N3O2. The molecule has 138 valence electrons. The van der Waals surface area contributed by atoms with Gasteiger partial charge in [0.25, 0.3) is 0 Å². The van der Waals surface area contributed by atoms with Crippen LogP contribution in [0.15, 0.2) is 24.5 Å². The van der Waals surface area contributed by atoms with E-state index in [1.807, 2.05) is 19.5 Å². The maximum Gasteiger partial charge on any atom is 0.0639 e. The van der Waals surface area contributed by atoms with Crippen LogP contribution in [-0.4, -0.2) is 73.4 Å². The van der Waals surface area contributed by atoms with E-state index < -0.39 is 0 Å². The van der Waals surface area contributed by atoms with Crippen molar-refractivity contribution in [3.63, 3.8) is 0 Å². The number of nitrogens with zero attached hydrogens (tertiary/aromatic N) is 3. The molecule has 25 heavy (non-hydrogen) atoms. The van der Waals surface area contributed by atoms with Crippen molar-refractivity contribution in [3.05, 3.63) is 30.1 Å². The van der Waals surface area contributed by atoms with Crippen LogP contribution in [0.2, 0.25) is 0 Å². The molecule has 5 nitrogen and oxygen atoms in total. The number of hydrogen-bond acceptors (Lipinski definition) is 5. The SMILES string of the molecule is CO[C@H]1CCN(CC2CCOCC2)[C@H]2CN(Cc3ccncc3)C[C@@H]12. The number of piperidine rings is 1. The Morgan fingerprint density at radius 3 is 2.72 bits per heavy atom. The van der Waals surface area contributed by atoms with Crippen LogP contribution in [0.5, 0.6) is 0 Å². The Kier molecular flexibility index (Phi) is 5.66. The molecule has 3 saturated heterocycles. The molecule has 0 unspecified atom stereocenters. The van der Waals surface area contributed by atoms with Gasteiger partial charge in [0.05, 0.1) is 6.10 Å². The van der Waals surface area contributed by atoms with E-state index in [9.17, 15) is 0 Å². The number of aromatic nitrogens is 1. The van der Waals surface area contributed by atoms with Gasteiger partial charge in [-0.2, -0.15) is 0 Å². The third kappa shape index (κ3) is 4.05. The summed E-state index contributed by atoms with van der Waals surface area (Å²) in [5.74, 6) is 1.45. The van der Waals surface area contributed by atoms with Gasteiger partial charge in [-0.25, -0.2) is 0 Å². The molecule has 4 rings (SSSR count). The summed E-state index contributed by atoms with van der Waals surface area (Å²) in [6.45, 7) is 7.65. The van der Waals surface area contributed by atoms with Gasteiger partial charge in [-0.05, 0) is 42.9 Å². The van der Waals surface area contributed by atoms with E-state index in [1.165, 1.54) is 37.9 Å². The van der Waals surface area contributed by atoms with Crippen LogP contribution in [0.1, 0.15) is 24.8 Å². The Bertz CT molecular complexity index is 535. The first kappa shape index (κ1) is 17.4. The Balaban J connectivity index is 1.41. The van der Waals surface area contributed by atoms with Crippen LogP contribution < -0.4 is 0 Å². The van der Waals surface area contributed by atoms with E-state index in [0.29, 0.717) is 18.1 Å². The zero-order valence-corrected chi connectivity index (χ0v) is 15.3. The molecular weight excluding hydrogens is 314 g/mol. The molecule has 3 fully saturated rings. The van der Waals surface area contributed by atoms with Crippen LogP contribution in [0.25, 0.3) is 0 Å². The lowest BCUT2D eigenvalue weighted by atomic mass is 9.87. The number of rotatable bonds is 5. The average Bonchev–Trinajstić information content (AvgIpc) is 3.08. The molecule has 0 bridgehead atoms. The lowest BCUT2D eigenvalue weighted by Gasteiger charge is -2.43. The van der Waals surface area contributed by atoms with Crippen molar-refractivity contribution in [2.24, 2.45) is 11.8 Å². The third-order valence-electron chi connectivity index (χ3n) is 6.35. The quantitative estimate of drug-likeness (QED) is 0.816. The van der Waals surface area contributed by atoms with E-state index in [4.69, 9.17) is 9.47 Å². The first-order chi connectivity index (χ1) is 12.3. The monoisotopic (exact) mass is 345 g/mol. The highest BCUT2D eigenvalue weighted by Gasteiger charge is 2.44. The summed E-state index contributed by atoms with van der Waals surface area (Å²) in [6.07, 6.45) is 7.83. The van der Waals surface area contributed by atoms with Crippen LogP contribution in [0, 0.1) is 11.8 Å². The van der Waals surface area contributed by atoms with Crippen LogP contribution in [0.3, 0.4) is 0 Å². The molecule has 1 aromatic rings. The van der Waals surface area contributed by atoms with Crippen molar-refractivity contribution in [1.29, 1.82) is 0 Å². The Morgan fingerprint density at radius 2 is 1.96 bits per heavy atom. The molecule has 0 amide bonds. The zero-order chi connectivity index (χ0) is 17.1. The predicted molar refractivity (Wildman–Crippen MR) is 97.3 cm³/mol. The van der Waals surface area contributed by atoms with Gasteiger partial charge in [0, 0.05) is 77.4 Å². The van der Waals surface area contributed by atoms with E-state index in [2.05, 4.69) is 26.9 Å². The summed E-state index contributed by atoms with van der Waals surface area (Å²) in [7, 11) is 1.89. The lowest BCUT2D eigenvalue weighted by molar-refractivity contribution is -0.0333. The fraction of sp³-hybridized carbons (Fsp3) is 0.750. The number of likely N-dealkylation sites (tertiary alicyclic amines) is 2. The van der Waals surface area contributed by atoms with Gasteiger partial charge < -0.3 is 9.47 Å². The van der Waals surface area contributed by atoms with Gasteiger partial charge in [0.15, 0.2) is 0 Å². The molecule has 1 aromatic heterocycles. The van der Waals surface area contributed by atoms with Gasteiger partial charge in [0.1, 0.15) is 0 Å². The second-order valence-corrected chi connectivity index (χ2v) is 7.89. The van der Waals surface area contributed by atoms with Crippen molar-refractivity contribution < 1.29 is 9.47 Å². The minimum Gasteiger partial charge on any atom is -0.381 e. The number of fused-ring (bicyclic) bond motifs is 1. The highest BCUT2D eigenvalue weighted by Crippen LogP contribution is 2.34. The number of methoxy groups -OCH3 is 1. The van der Waals surface area contributed by atoms with Gasteiger partial charge in [0.2, 0.25) is 0 Å². The van der Waals surface area contributed by atoms with Crippen molar-refractivity contribution in [1.82, 2.24) is 14.8 Å². The largest absolute Gasteiger partial charge is 0.381 e. The molecule has 0 aliphatic carbocycles. The molecule has 5 heteroatoms. The predicted octanol–water partition coefficient (Wildman–Crippen LogP) is 2.03. The van der Waals surface area contributed by atoms with Crippen molar-refractivity contribution in [3.8, 4) is 0 Å². The summed E-state index contributed by atoms with van der Waals surface area (Å²) < 4.78 is 11.4. The highest BCUT2D eigenvalue weighted by molar-refractivity contribution is 5.11. The summed E-state index contributed by atoms with van der Waals surface area (Å²) in [5, 5.41) is 0. The van der Waals surface area contributed by atoms with Crippen LogP contribution in [-0.2, 0) is 16.0 Å². The minimum atomic E-state index is 0.415. The van der Waals surface area contributed by atoms with Crippen molar-refractivity contribution >= 4 is 0 Å². The van der Waals surface area contributed by atoms with E-state index in [0.717, 1.165) is 38.8 Å². The van der Waals surface area contributed by atoms with Crippen molar-refractivity contribution in [2.75, 3.05) is 46.5 Å². The molecule has 0 saturated carbocycles. The first-order valence-corrected chi connectivity index (χ1v) is 9.79. The highest BCUT2D eigenvalue weighted by atomic mass is 16.5. The number of ether oxygens (including phenoxy) is 2. The molecule has 4 heterocycles. The Labute approximate surface area is 151 Å². The summed E-state index contributed by atoms with van der Waals surface area (Å²) >= 11 is 0. The molecule has 3 aliphatic heterocycles. The van der Waals surface area contributed by atoms with Gasteiger partial charge >= 0.3 is 0 Å². The minimum absolute atomic E-state index is 0.415. The average molecular weight is 345 g/mol. The summed E-state index contributed by atoms with van der Waals surface area (Å²) in [6, 6.07) is 4.91. The summed E-state index contributed by atoms with van der Waals surface area (Å²) in [4.78, 5) is 9.51. The van der Waals surface area contributed by atoms with Crippen molar-refractivity contribution in [2.45, 2.75) is 38.0 Å². The van der Waals surface area contributed by atoms with E-state index in [-0.39, 0.29) is 0 Å². The number of pyridine rings is 1. The maximum atomic E-state index is 5.86. The molecule has 3 atom stereocenters. The topological polar surface area (TPSA) is 37.8 Å². The molecule has 0 spiro atoms. The molecule has 0 aromatic carbocycles. The molecule has 0 radical (unpaired) electrons. The second kappa shape index (κ2) is 8.12. The lowest BCUT2D eigenvalue weighted by Crippen LogP contribution is -2.52. The third-order valence-corrected chi connectivity index (χ3v) is 6.35. The first-order valence-electron chi connectivity index (χ1n) is 9.79. The molecule has 3 aliphatic rings. The van der Waals surface area contributed by atoms with Gasteiger partial charge in [-0.15, -0.1) is 0 Å². The summed E-state index contributed by atoms with van der Waals surface area (Å²) in [5.41, 5.74) is 1.36. The zero-order valence-electron chi connectivity index (χ0n) is 15.3. The second-order valence-electron chi connectivity index (χ2n) is 7.89. The fourth-order valence-corrected chi connectivity index (χ4v) is 4.97. The normalized spacial score (nSPS) is 32.0. The molecule has 0 N–H and O–H groups in total. The maximum absolute atomic E-state index is 5.86.